The molecule has 0 rings (SSSR count). The monoisotopic (exact) mass is 246 g/mol. The van der Waals surface area contributed by atoms with Crippen molar-refractivity contribution in [2.24, 2.45) is 0 Å². The van der Waals surface area contributed by atoms with E-state index in [1.807, 2.05) is 0 Å². The molecule has 0 aromatic heterocycles. The van der Waals surface area contributed by atoms with Crippen LogP contribution >= 0.6 is 20.6 Å². The Hall–Kier alpha value is 0.380. The molecule has 0 spiro atoms. The van der Waals surface area contributed by atoms with Gasteiger partial charge in [0, 0.05) is 6.04 Å². The van der Waals surface area contributed by atoms with E-state index in [4.69, 9.17) is 9.79 Å². The van der Waals surface area contributed by atoms with Crippen molar-refractivity contribution in [2.75, 3.05) is 6.54 Å². The maximum Gasteiger partial charge on any atom is 0.486 e. The fourth-order valence-corrected chi connectivity index (χ4v) is 0.912. The highest BCUT2D eigenvalue weighted by Crippen LogP contribution is 2.33. The molecule has 0 aliphatic carbocycles. The third-order valence-corrected chi connectivity index (χ3v) is 1.53. The van der Waals surface area contributed by atoms with E-state index in [9.17, 15) is 4.57 Å². The van der Waals surface area contributed by atoms with E-state index in [2.05, 4.69) is 43.5 Å². The predicted molar refractivity (Wildman–Crippen MR) is 58.7 cm³/mol. The molecule has 0 heterocycles. The zero-order valence-corrected chi connectivity index (χ0v) is 10.4. The lowest BCUT2D eigenvalue weighted by molar-refractivity contribution is 0.177. The first-order valence-corrected chi connectivity index (χ1v) is 6.17. The average molecular weight is 246 g/mol. The van der Waals surface area contributed by atoms with Gasteiger partial charge < -0.3 is 15.1 Å². The van der Waals surface area contributed by atoms with Crippen LogP contribution in [0.4, 0.5) is 0 Å². The summed E-state index contributed by atoms with van der Waals surface area (Å²) in [6, 6.07) is 0.653. The van der Waals surface area contributed by atoms with Gasteiger partial charge in [-0.25, -0.2) is 4.57 Å². The Bertz CT molecular complexity index is 164. The zero-order chi connectivity index (χ0) is 11.6. The van der Waals surface area contributed by atoms with Crippen LogP contribution in [0.1, 0.15) is 27.2 Å². The van der Waals surface area contributed by atoms with E-state index in [0.717, 1.165) is 6.54 Å². The highest BCUT2D eigenvalue weighted by atomic mass is 32.1. The van der Waals surface area contributed by atoms with Gasteiger partial charge in [0.2, 0.25) is 0 Å². The maximum atomic E-state index is 9.59. The molecule has 0 radical (unpaired) electrons. The Morgan fingerprint density at radius 3 is 2.07 bits per heavy atom. The van der Waals surface area contributed by atoms with Crippen LogP contribution in [-0.4, -0.2) is 22.4 Å². The van der Waals surface area contributed by atoms with Gasteiger partial charge in [0.1, 0.15) is 0 Å². The van der Waals surface area contributed by atoms with Crippen molar-refractivity contribution in [3.05, 3.63) is 0 Å². The molecule has 0 aromatic rings. The van der Waals surface area contributed by atoms with E-state index in [0.29, 0.717) is 6.04 Å². The number of hydrogen-bond acceptors (Lipinski definition) is 5. The molecule has 4 N–H and O–H groups in total. The van der Waals surface area contributed by atoms with Gasteiger partial charge in [0.05, 0.1) is 0 Å². The van der Waals surface area contributed by atoms with E-state index in [1.165, 1.54) is 11.3 Å². The number of phosphoric acid groups is 1. The average Bonchev–Trinajstić information content (AvgIpc) is 1.99. The summed E-state index contributed by atoms with van der Waals surface area (Å²) in [5, 5.41) is 3.30. The molecular formula is C6H19N2O4PS. The largest absolute Gasteiger partial charge is 0.486 e. The molecule has 0 aliphatic rings. The lowest BCUT2D eigenvalue weighted by atomic mass is 10.4. The third-order valence-electron chi connectivity index (χ3n) is 0.962. The Kier molecular flexibility index (Phi) is 11.9. The lowest BCUT2D eigenvalue weighted by Crippen LogP contribution is -2.22. The summed E-state index contributed by atoms with van der Waals surface area (Å²) < 4.78 is 13.1. The third kappa shape index (κ3) is 22.8. The van der Waals surface area contributed by atoms with E-state index >= 15 is 0 Å². The summed E-state index contributed by atoms with van der Waals surface area (Å²) in [5.74, 6) is 0. The molecule has 0 amide bonds. The summed E-state index contributed by atoms with van der Waals surface area (Å²) in [6.45, 7) is 7.65. The van der Waals surface area contributed by atoms with Gasteiger partial charge in [-0.15, -0.1) is 4.89 Å². The number of nitrogens with one attached hydrogen (secondary N) is 2. The van der Waals surface area contributed by atoms with Gasteiger partial charge in [-0.1, -0.05) is 33.6 Å². The fraction of sp³-hybridized carbons (Fsp3) is 1.00. The van der Waals surface area contributed by atoms with Crippen molar-refractivity contribution in [2.45, 2.75) is 33.2 Å². The van der Waals surface area contributed by atoms with Crippen LogP contribution < -0.4 is 10.2 Å². The van der Waals surface area contributed by atoms with Crippen LogP contribution in [0.2, 0.25) is 0 Å². The molecule has 88 valence electrons. The molecule has 8 heteroatoms. The normalized spacial score (nSPS) is 11.1. The topological polar surface area (TPSA) is 90.8 Å². The van der Waals surface area contributed by atoms with Crippen molar-refractivity contribution >= 4 is 20.6 Å². The van der Waals surface area contributed by atoms with Gasteiger partial charge in [0.15, 0.2) is 0 Å². The fourth-order valence-electron chi connectivity index (χ4n) is 0.486. The molecule has 0 bridgehead atoms. The molecule has 0 saturated carbocycles. The molecule has 0 saturated heterocycles. The van der Waals surface area contributed by atoms with Gasteiger partial charge in [-0.3, -0.25) is 0 Å². The highest BCUT2D eigenvalue weighted by Gasteiger charge is 2.11. The van der Waals surface area contributed by atoms with E-state index in [1.54, 1.807) is 0 Å². The Morgan fingerprint density at radius 1 is 1.50 bits per heavy atom. The van der Waals surface area contributed by atoms with E-state index < -0.39 is 7.82 Å². The van der Waals surface area contributed by atoms with Gasteiger partial charge in [-0.2, -0.15) is 4.62 Å². The standard InChI is InChI=1S/C6H15N.H4NO4PS/c1-4-5-7-6(2)3;2-6(3,4)5-1-7/h6-7H,4-5H2,1-3H3;1,7H,(H2,2,3,4). The second kappa shape index (κ2) is 9.92. The summed E-state index contributed by atoms with van der Waals surface area (Å²) in [7, 11) is -4.35. The van der Waals surface area contributed by atoms with Crippen LogP contribution in [0, 0.1) is 0 Å². The molecular weight excluding hydrogens is 227 g/mol. The summed E-state index contributed by atoms with van der Waals surface area (Å²) in [5.41, 5.74) is 0. The minimum absolute atomic E-state index is 0.653. The van der Waals surface area contributed by atoms with Crippen LogP contribution in [0.25, 0.3) is 0 Å². The highest BCUT2D eigenvalue weighted by molar-refractivity contribution is 7.78. The summed E-state index contributed by atoms with van der Waals surface area (Å²) >= 11 is 3.15. The van der Waals surface area contributed by atoms with Crippen LogP contribution in [0.3, 0.4) is 0 Å². The number of rotatable bonds is 5. The predicted octanol–water partition coefficient (Wildman–Crippen LogP) is 0.839. The SMILES string of the molecule is CCCNC(C)C.O=P(O)(O)ONS. The lowest BCUT2D eigenvalue weighted by Gasteiger charge is -2.03. The van der Waals surface area contributed by atoms with Crippen LogP contribution in [-0.2, 0) is 9.19 Å². The maximum absolute atomic E-state index is 9.59. The van der Waals surface area contributed by atoms with Crippen molar-refractivity contribution in [1.29, 1.82) is 0 Å². The second-order valence-corrected chi connectivity index (χ2v) is 4.13. The molecule has 0 atom stereocenters. The first kappa shape index (κ1) is 16.8. The minimum Gasteiger partial charge on any atom is -0.315 e. The number of hydrogen-bond donors (Lipinski definition) is 5. The second-order valence-electron chi connectivity index (χ2n) is 2.78. The van der Waals surface area contributed by atoms with Crippen LogP contribution in [0.5, 0.6) is 0 Å². The number of thiol groups is 1. The molecule has 0 unspecified atom stereocenters. The molecule has 0 fully saturated rings. The first-order chi connectivity index (χ1) is 6.33. The van der Waals surface area contributed by atoms with Crippen molar-refractivity contribution in [3.63, 3.8) is 0 Å². The first-order valence-electron chi connectivity index (χ1n) is 4.20. The van der Waals surface area contributed by atoms with Crippen LogP contribution in [0.15, 0.2) is 0 Å². The van der Waals surface area contributed by atoms with Crippen molar-refractivity contribution < 1.29 is 19.0 Å². The Labute approximate surface area is 90.2 Å². The van der Waals surface area contributed by atoms with Crippen molar-refractivity contribution in [3.8, 4) is 0 Å². The smallest absolute Gasteiger partial charge is 0.315 e. The molecule has 0 aliphatic heterocycles. The Morgan fingerprint density at radius 2 is 2.00 bits per heavy atom. The summed E-state index contributed by atoms with van der Waals surface area (Å²) in [4.78, 5) is 17.1. The van der Waals surface area contributed by atoms with E-state index in [-0.39, 0.29) is 0 Å². The molecule has 0 aromatic carbocycles. The molecule has 14 heavy (non-hydrogen) atoms. The van der Waals surface area contributed by atoms with Gasteiger partial charge in [-0.05, 0) is 13.0 Å². The minimum atomic E-state index is -4.35. The zero-order valence-electron chi connectivity index (χ0n) is 8.60. The Balaban J connectivity index is 0. The van der Waals surface area contributed by atoms with Gasteiger partial charge >= 0.3 is 7.82 Å². The van der Waals surface area contributed by atoms with Gasteiger partial charge in [0.25, 0.3) is 0 Å². The summed E-state index contributed by atoms with van der Waals surface area (Å²) in [6.07, 6.45) is 1.23. The quantitative estimate of drug-likeness (QED) is 0.280. The van der Waals surface area contributed by atoms with Crippen molar-refractivity contribution in [1.82, 2.24) is 10.2 Å². The molecule has 6 nitrogen and oxygen atoms in total.